The van der Waals surface area contributed by atoms with Gasteiger partial charge in [0.1, 0.15) is 6.61 Å². The number of hydrogen-bond donors (Lipinski definition) is 0. The molecule has 0 aromatic rings. The van der Waals surface area contributed by atoms with E-state index in [0.29, 0.717) is 13.2 Å². The lowest BCUT2D eigenvalue weighted by molar-refractivity contribution is -0.148. The van der Waals surface area contributed by atoms with E-state index in [9.17, 15) is 4.79 Å². The first-order chi connectivity index (χ1) is 8.22. The van der Waals surface area contributed by atoms with Crippen LogP contribution >= 0.6 is 0 Å². The average molecular weight is 243 g/mol. The van der Waals surface area contributed by atoms with Gasteiger partial charge in [-0.15, -0.1) is 0 Å². The molecule has 1 atom stereocenters. The first-order valence-corrected chi connectivity index (χ1v) is 6.68. The van der Waals surface area contributed by atoms with Gasteiger partial charge in [0.2, 0.25) is 0 Å². The first-order valence-electron chi connectivity index (χ1n) is 6.68. The van der Waals surface area contributed by atoms with Crippen molar-refractivity contribution in [2.24, 2.45) is 5.92 Å². The molecule has 4 heteroatoms. The molecule has 1 aliphatic rings. The topological polar surface area (TPSA) is 38.8 Å². The van der Waals surface area contributed by atoms with Gasteiger partial charge in [0.05, 0.1) is 13.2 Å². The van der Waals surface area contributed by atoms with Gasteiger partial charge in [0.15, 0.2) is 0 Å². The van der Waals surface area contributed by atoms with Gasteiger partial charge in [-0.25, -0.2) is 4.79 Å². The van der Waals surface area contributed by atoms with Gasteiger partial charge in [0, 0.05) is 6.54 Å². The van der Waals surface area contributed by atoms with Crippen molar-refractivity contribution in [2.45, 2.75) is 33.1 Å². The Morgan fingerprint density at radius 3 is 2.94 bits per heavy atom. The maximum absolute atomic E-state index is 11.0. The minimum Gasteiger partial charge on any atom is -0.464 e. The van der Waals surface area contributed by atoms with Gasteiger partial charge < -0.3 is 14.4 Å². The Morgan fingerprint density at radius 1 is 1.35 bits per heavy atom. The van der Waals surface area contributed by atoms with Gasteiger partial charge in [0.25, 0.3) is 0 Å². The van der Waals surface area contributed by atoms with Crippen molar-refractivity contribution in [3.05, 3.63) is 0 Å². The number of carbonyl (C=O) groups is 1. The van der Waals surface area contributed by atoms with Crippen molar-refractivity contribution < 1.29 is 14.3 Å². The second-order valence-electron chi connectivity index (χ2n) is 4.74. The highest BCUT2D eigenvalue weighted by atomic mass is 16.6. The lowest BCUT2D eigenvalue weighted by Gasteiger charge is -2.19. The largest absolute Gasteiger partial charge is 0.464 e. The zero-order valence-electron chi connectivity index (χ0n) is 11.1. The molecule has 1 heterocycles. The number of rotatable bonds is 6. The summed E-state index contributed by atoms with van der Waals surface area (Å²) in [7, 11) is 0. The SMILES string of the molecule is CCOC(=O)COCCN1CCCC(C)CC1. The van der Waals surface area contributed by atoms with Crippen molar-refractivity contribution in [3.8, 4) is 0 Å². The molecule has 4 nitrogen and oxygen atoms in total. The molecule has 100 valence electrons. The smallest absolute Gasteiger partial charge is 0.332 e. The predicted molar refractivity (Wildman–Crippen MR) is 66.9 cm³/mol. The van der Waals surface area contributed by atoms with Crippen molar-refractivity contribution in [2.75, 3.05) is 39.5 Å². The van der Waals surface area contributed by atoms with Gasteiger partial charge in [-0.2, -0.15) is 0 Å². The van der Waals surface area contributed by atoms with E-state index in [1.807, 2.05) is 0 Å². The van der Waals surface area contributed by atoms with Gasteiger partial charge in [-0.05, 0) is 45.2 Å². The molecule has 0 aromatic heterocycles. The quantitative estimate of drug-likeness (QED) is 0.525. The molecule has 0 N–H and O–H groups in total. The molecule has 1 saturated heterocycles. The summed E-state index contributed by atoms with van der Waals surface area (Å²) in [6, 6.07) is 0. The third-order valence-corrected chi connectivity index (χ3v) is 3.19. The van der Waals surface area contributed by atoms with Crippen LogP contribution in [0.3, 0.4) is 0 Å². The van der Waals surface area contributed by atoms with Crippen LogP contribution in [0.1, 0.15) is 33.1 Å². The van der Waals surface area contributed by atoms with Crippen LogP contribution in [0.25, 0.3) is 0 Å². The van der Waals surface area contributed by atoms with Crippen molar-refractivity contribution >= 4 is 5.97 Å². The van der Waals surface area contributed by atoms with Crippen LogP contribution in [0.4, 0.5) is 0 Å². The number of carbonyl (C=O) groups excluding carboxylic acids is 1. The van der Waals surface area contributed by atoms with Crippen LogP contribution in [0.5, 0.6) is 0 Å². The third kappa shape index (κ3) is 6.64. The van der Waals surface area contributed by atoms with Crippen LogP contribution in [0.15, 0.2) is 0 Å². The fourth-order valence-corrected chi connectivity index (χ4v) is 2.10. The number of nitrogens with zero attached hydrogens (tertiary/aromatic N) is 1. The standard InChI is InChI=1S/C13H25NO3/c1-3-17-13(15)11-16-10-9-14-7-4-5-12(2)6-8-14/h12H,3-11H2,1-2H3. The fourth-order valence-electron chi connectivity index (χ4n) is 2.10. The molecule has 0 amide bonds. The summed E-state index contributed by atoms with van der Waals surface area (Å²) in [6.07, 6.45) is 3.89. The zero-order chi connectivity index (χ0) is 12.5. The molecule has 1 fully saturated rings. The number of likely N-dealkylation sites (tertiary alicyclic amines) is 1. The van der Waals surface area contributed by atoms with Crippen molar-refractivity contribution in [3.63, 3.8) is 0 Å². The van der Waals surface area contributed by atoms with Crippen LogP contribution < -0.4 is 0 Å². The minimum atomic E-state index is -0.267. The second kappa shape index (κ2) is 8.48. The Balaban J connectivity index is 2.04. The van der Waals surface area contributed by atoms with E-state index in [2.05, 4.69) is 11.8 Å². The lowest BCUT2D eigenvalue weighted by Crippen LogP contribution is -2.29. The lowest BCUT2D eigenvalue weighted by atomic mass is 10.0. The van der Waals surface area contributed by atoms with Gasteiger partial charge in [-0.1, -0.05) is 6.92 Å². The average Bonchev–Trinajstić information content (AvgIpc) is 2.50. The van der Waals surface area contributed by atoms with E-state index in [-0.39, 0.29) is 12.6 Å². The highest BCUT2D eigenvalue weighted by Crippen LogP contribution is 2.15. The number of esters is 1. The molecule has 1 rings (SSSR count). The summed E-state index contributed by atoms with van der Waals surface area (Å²) in [6.45, 7) is 8.48. The van der Waals surface area contributed by atoms with Crippen molar-refractivity contribution in [1.82, 2.24) is 4.90 Å². The summed E-state index contributed by atoms with van der Waals surface area (Å²) < 4.78 is 10.1. The Bertz CT molecular complexity index is 221. The van der Waals surface area contributed by atoms with E-state index < -0.39 is 0 Å². The van der Waals surface area contributed by atoms with Crippen molar-refractivity contribution in [1.29, 1.82) is 0 Å². The molecular formula is C13H25NO3. The zero-order valence-corrected chi connectivity index (χ0v) is 11.1. The summed E-state index contributed by atoms with van der Waals surface area (Å²) in [5.41, 5.74) is 0. The van der Waals surface area contributed by atoms with E-state index in [4.69, 9.17) is 9.47 Å². The van der Waals surface area contributed by atoms with E-state index in [0.717, 1.165) is 25.6 Å². The maximum Gasteiger partial charge on any atom is 0.332 e. The highest BCUT2D eigenvalue weighted by Gasteiger charge is 2.13. The normalized spacial score (nSPS) is 22.1. The van der Waals surface area contributed by atoms with Crippen LogP contribution in [-0.2, 0) is 14.3 Å². The molecule has 1 aliphatic heterocycles. The van der Waals surface area contributed by atoms with E-state index in [1.165, 1.54) is 19.3 Å². The van der Waals surface area contributed by atoms with Crippen LogP contribution in [0, 0.1) is 5.92 Å². The molecular weight excluding hydrogens is 218 g/mol. The van der Waals surface area contributed by atoms with Gasteiger partial charge in [-0.3, -0.25) is 0 Å². The highest BCUT2D eigenvalue weighted by molar-refractivity contribution is 5.70. The first kappa shape index (κ1) is 14.5. The fraction of sp³-hybridized carbons (Fsp3) is 0.923. The van der Waals surface area contributed by atoms with E-state index in [1.54, 1.807) is 6.92 Å². The second-order valence-corrected chi connectivity index (χ2v) is 4.74. The molecule has 0 saturated carbocycles. The summed E-state index contributed by atoms with van der Waals surface area (Å²) in [5, 5.41) is 0. The maximum atomic E-state index is 11.0. The molecule has 0 aliphatic carbocycles. The third-order valence-electron chi connectivity index (χ3n) is 3.19. The van der Waals surface area contributed by atoms with Crippen LogP contribution in [-0.4, -0.2) is 50.3 Å². The molecule has 0 radical (unpaired) electrons. The summed E-state index contributed by atoms with van der Waals surface area (Å²) in [5.74, 6) is 0.581. The molecule has 17 heavy (non-hydrogen) atoms. The summed E-state index contributed by atoms with van der Waals surface area (Å²) in [4.78, 5) is 13.5. The monoisotopic (exact) mass is 243 g/mol. The summed E-state index contributed by atoms with van der Waals surface area (Å²) >= 11 is 0. The van der Waals surface area contributed by atoms with Crippen LogP contribution in [0.2, 0.25) is 0 Å². The Hall–Kier alpha value is -0.610. The predicted octanol–water partition coefficient (Wildman–Crippen LogP) is 1.69. The molecule has 0 aromatic carbocycles. The molecule has 0 spiro atoms. The molecule has 0 bridgehead atoms. The van der Waals surface area contributed by atoms with E-state index >= 15 is 0 Å². The number of hydrogen-bond acceptors (Lipinski definition) is 4. The minimum absolute atomic E-state index is 0.0814. The Kier molecular flexibility index (Phi) is 7.21. The van der Waals surface area contributed by atoms with Gasteiger partial charge >= 0.3 is 5.97 Å². The number of ether oxygens (including phenoxy) is 2. The molecule has 1 unspecified atom stereocenters. The Labute approximate surface area is 104 Å². The Morgan fingerprint density at radius 2 is 2.18 bits per heavy atom.